The highest BCUT2D eigenvalue weighted by Crippen LogP contribution is 2.23. The number of fused-ring (bicyclic) bond motifs is 1. The number of aryl methyl sites for hydroxylation is 1. The lowest BCUT2D eigenvalue weighted by Crippen LogP contribution is -2.27. The lowest BCUT2D eigenvalue weighted by Gasteiger charge is -2.19. The number of anilines is 2. The predicted octanol–water partition coefficient (Wildman–Crippen LogP) is 1.66. The van der Waals surface area contributed by atoms with Crippen molar-refractivity contribution in [1.29, 1.82) is 0 Å². The molecule has 2 unspecified atom stereocenters. The van der Waals surface area contributed by atoms with Crippen LogP contribution in [0.4, 0.5) is 11.9 Å². The number of hydrogen-bond acceptors (Lipinski definition) is 9. The van der Waals surface area contributed by atoms with Crippen LogP contribution >= 0.6 is 0 Å². The molecule has 0 fully saturated rings. The van der Waals surface area contributed by atoms with Crippen LogP contribution in [0.2, 0.25) is 0 Å². The highest BCUT2D eigenvalue weighted by atomic mass is 32.2. The topological polar surface area (TPSA) is 152 Å². The molecule has 0 aliphatic rings. The largest absolute Gasteiger partial charge is 0.394 e. The molecule has 0 amide bonds. The summed E-state index contributed by atoms with van der Waals surface area (Å²) < 4.78 is 27.3. The molecule has 184 valence electrons. The molecule has 3 N–H and O–H groups in total. The van der Waals surface area contributed by atoms with E-state index in [0.717, 1.165) is 11.8 Å². The molecule has 3 aromatic rings. The minimum atomic E-state index is -3.60. The summed E-state index contributed by atoms with van der Waals surface area (Å²) >= 11 is 0. The Bertz CT molecular complexity index is 1320. The molecule has 34 heavy (non-hydrogen) atoms. The third-order valence-electron chi connectivity index (χ3n) is 5.27. The van der Waals surface area contributed by atoms with Crippen LogP contribution in [-0.4, -0.2) is 56.9 Å². The first-order valence-corrected chi connectivity index (χ1v) is 12.9. The molecule has 0 saturated heterocycles. The summed E-state index contributed by atoms with van der Waals surface area (Å²) in [5.41, 5.74) is 1.38. The zero-order valence-corrected chi connectivity index (χ0v) is 20.8. The minimum absolute atomic E-state index is 0.0834. The second kappa shape index (κ2) is 10.4. The fraction of sp³-hybridized carbons (Fsp3) is 0.500. The number of aliphatic hydroxyl groups is 1. The maximum Gasteiger partial charge on any atom is 0.260 e. The molecular formula is C22H31N7O4S. The molecule has 0 aliphatic carbocycles. The molecule has 12 heteroatoms. The van der Waals surface area contributed by atoms with Crippen molar-refractivity contribution in [2.75, 3.05) is 22.9 Å². The summed E-state index contributed by atoms with van der Waals surface area (Å²) in [6, 6.07) is 5.23. The van der Waals surface area contributed by atoms with Crippen molar-refractivity contribution < 1.29 is 13.5 Å². The zero-order valence-electron chi connectivity index (χ0n) is 20.0. The lowest BCUT2D eigenvalue weighted by atomic mass is 9.96. The van der Waals surface area contributed by atoms with Gasteiger partial charge in [0.05, 0.1) is 36.1 Å². The first-order valence-electron chi connectivity index (χ1n) is 11.0. The Morgan fingerprint density at radius 3 is 2.47 bits per heavy atom. The highest BCUT2D eigenvalue weighted by molar-refractivity contribution is 7.91. The van der Waals surface area contributed by atoms with Gasteiger partial charge in [0.15, 0.2) is 0 Å². The van der Waals surface area contributed by atoms with Gasteiger partial charge in [0, 0.05) is 13.5 Å². The smallest absolute Gasteiger partial charge is 0.260 e. The molecule has 0 bridgehead atoms. The van der Waals surface area contributed by atoms with E-state index < -0.39 is 10.0 Å². The summed E-state index contributed by atoms with van der Waals surface area (Å²) in [7, 11) is -1.95. The second-order valence-corrected chi connectivity index (χ2v) is 10.7. The van der Waals surface area contributed by atoms with Crippen LogP contribution < -0.4 is 15.6 Å². The van der Waals surface area contributed by atoms with Gasteiger partial charge in [-0.25, -0.2) is 13.4 Å². The lowest BCUT2D eigenvalue weighted by molar-refractivity contribution is 0.259. The van der Waals surface area contributed by atoms with Gasteiger partial charge >= 0.3 is 0 Å². The van der Waals surface area contributed by atoms with Crippen LogP contribution in [0.1, 0.15) is 44.5 Å². The van der Waals surface area contributed by atoms with Gasteiger partial charge in [-0.15, -0.1) is 0 Å². The summed E-state index contributed by atoms with van der Waals surface area (Å²) in [5.74, 6) is 0.700. The fourth-order valence-corrected chi connectivity index (χ4v) is 4.07. The van der Waals surface area contributed by atoms with Crippen LogP contribution in [0.25, 0.3) is 10.9 Å². The van der Waals surface area contributed by atoms with E-state index in [2.05, 4.69) is 30.0 Å². The molecule has 0 spiro atoms. The molecule has 0 aliphatic heterocycles. The van der Waals surface area contributed by atoms with Gasteiger partial charge in [-0.3, -0.25) is 9.52 Å². The molecule has 0 radical (unpaired) electrons. The first kappa shape index (κ1) is 25.5. The van der Waals surface area contributed by atoms with Gasteiger partial charge in [0.1, 0.15) is 5.82 Å². The molecule has 2 aromatic heterocycles. The summed E-state index contributed by atoms with van der Waals surface area (Å²) in [4.78, 5) is 29.7. The summed E-state index contributed by atoms with van der Waals surface area (Å²) in [6.07, 6.45) is 3.56. The molecule has 2 heterocycles. The summed E-state index contributed by atoms with van der Waals surface area (Å²) in [6.45, 7) is 5.92. The first-order chi connectivity index (χ1) is 15.9. The average molecular weight is 490 g/mol. The average Bonchev–Trinajstić information content (AvgIpc) is 2.74. The van der Waals surface area contributed by atoms with E-state index in [-0.39, 0.29) is 36.0 Å². The maximum absolute atomic E-state index is 12.5. The Kier molecular flexibility index (Phi) is 7.82. The van der Waals surface area contributed by atoms with Gasteiger partial charge in [-0.1, -0.05) is 26.8 Å². The van der Waals surface area contributed by atoms with Crippen molar-refractivity contribution in [3.8, 4) is 0 Å². The second-order valence-electron chi connectivity index (χ2n) is 8.97. The van der Waals surface area contributed by atoms with Crippen LogP contribution in [0.15, 0.2) is 29.3 Å². The Balaban J connectivity index is 1.92. The molecular weight excluding hydrogens is 458 g/mol. The monoisotopic (exact) mass is 489 g/mol. The Labute approximate surface area is 198 Å². The Hall–Kier alpha value is -3.12. The number of benzene rings is 1. The van der Waals surface area contributed by atoms with E-state index in [9.17, 15) is 18.3 Å². The van der Waals surface area contributed by atoms with E-state index in [0.29, 0.717) is 35.5 Å². The maximum atomic E-state index is 12.5. The van der Waals surface area contributed by atoms with Gasteiger partial charge in [-0.05, 0) is 36.0 Å². The van der Waals surface area contributed by atoms with Gasteiger partial charge < -0.3 is 15.0 Å². The van der Waals surface area contributed by atoms with E-state index in [1.54, 1.807) is 13.1 Å². The Morgan fingerprint density at radius 2 is 1.82 bits per heavy atom. The van der Waals surface area contributed by atoms with Crippen LogP contribution in [0.5, 0.6) is 0 Å². The van der Waals surface area contributed by atoms with Crippen LogP contribution in [0, 0.1) is 5.92 Å². The third kappa shape index (κ3) is 6.70. The SMILES string of the molecule is CC(C)CC(CO)Nc1nc(CC(C)c2ccc3ncn(C)c(=O)c3c2)nc(NS(C)(=O)=O)n1. The van der Waals surface area contributed by atoms with Gasteiger partial charge in [0.2, 0.25) is 21.9 Å². The number of nitrogens with one attached hydrogen (secondary N) is 2. The number of hydrogen-bond donors (Lipinski definition) is 3. The van der Waals surface area contributed by atoms with Crippen molar-refractivity contribution >= 4 is 32.8 Å². The number of rotatable bonds is 10. The number of aromatic nitrogens is 5. The van der Waals surface area contributed by atoms with E-state index in [1.807, 2.05) is 32.9 Å². The van der Waals surface area contributed by atoms with E-state index >= 15 is 0 Å². The summed E-state index contributed by atoms with van der Waals surface area (Å²) in [5, 5.41) is 13.3. The van der Waals surface area contributed by atoms with Crippen LogP contribution in [0.3, 0.4) is 0 Å². The van der Waals surface area contributed by atoms with Crippen molar-refractivity contribution in [2.24, 2.45) is 13.0 Å². The molecule has 1 aromatic carbocycles. The molecule has 11 nitrogen and oxygen atoms in total. The quantitative estimate of drug-likeness (QED) is 0.386. The molecule has 2 atom stereocenters. The fourth-order valence-electron chi connectivity index (χ4n) is 3.64. The van der Waals surface area contributed by atoms with Crippen molar-refractivity contribution in [2.45, 2.75) is 45.6 Å². The normalized spacial score (nSPS) is 13.7. The van der Waals surface area contributed by atoms with Crippen molar-refractivity contribution in [3.05, 3.63) is 46.3 Å². The van der Waals surface area contributed by atoms with E-state index in [1.165, 1.54) is 10.9 Å². The third-order valence-corrected chi connectivity index (χ3v) is 5.82. The predicted molar refractivity (Wildman–Crippen MR) is 131 cm³/mol. The molecule has 3 rings (SSSR count). The van der Waals surface area contributed by atoms with Crippen molar-refractivity contribution in [3.63, 3.8) is 0 Å². The van der Waals surface area contributed by atoms with Crippen molar-refractivity contribution in [1.82, 2.24) is 24.5 Å². The Morgan fingerprint density at radius 1 is 1.12 bits per heavy atom. The zero-order chi connectivity index (χ0) is 25.0. The van der Waals surface area contributed by atoms with Gasteiger partial charge in [-0.2, -0.15) is 15.0 Å². The number of nitrogens with zero attached hydrogens (tertiary/aromatic N) is 5. The van der Waals surface area contributed by atoms with Gasteiger partial charge in [0.25, 0.3) is 5.56 Å². The van der Waals surface area contributed by atoms with E-state index in [4.69, 9.17) is 0 Å². The minimum Gasteiger partial charge on any atom is -0.394 e. The molecule has 0 saturated carbocycles. The highest BCUT2D eigenvalue weighted by Gasteiger charge is 2.17. The standard InChI is InChI=1S/C22H31N7O4S/c1-13(2)8-16(11-30)24-21-25-19(26-22(27-21)28-34(5,32)33)9-14(3)15-6-7-18-17(10-15)20(31)29(4)12-23-18/h6-7,10,12-14,16,30H,8-9,11H2,1-5H3,(H2,24,25,26,27,28). The number of aliphatic hydroxyl groups excluding tert-OH is 1. The van der Waals surface area contributed by atoms with Crippen LogP contribution in [-0.2, 0) is 23.5 Å². The number of sulfonamides is 1.